The first-order valence-electron chi connectivity index (χ1n) is 7.23. The number of nitrogens with one attached hydrogen (secondary N) is 1. The lowest BCUT2D eigenvalue weighted by Gasteiger charge is -2.48. The number of amides is 2. The largest absolute Gasteiger partial charge is 0.353 e. The highest BCUT2D eigenvalue weighted by molar-refractivity contribution is 5.84. The number of carbonyl (C=O) groups is 2. The van der Waals surface area contributed by atoms with Gasteiger partial charge in [-0.1, -0.05) is 6.92 Å². The monoisotopic (exact) mass is 267 g/mol. The van der Waals surface area contributed by atoms with Crippen molar-refractivity contribution in [2.75, 3.05) is 19.6 Å². The van der Waals surface area contributed by atoms with Gasteiger partial charge in [-0.15, -0.1) is 0 Å². The van der Waals surface area contributed by atoms with Gasteiger partial charge in [-0.3, -0.25) is 9.59 Å². The Bertz CT molecular complexity index is 356. The molecule has 5 heteroatoms. The maximum absolute atomic E-state index is 12.6. The van der Waals surface area contributed by atoms with Gasteiger partial charge in [-0.25, -0.2) is 0 Å². The molecule has 1 aliphatic carbocycles. The normalized spacial score (nSPS) is 31.7. The van der Waals surface area contributed by atoms with E-state index in [1.165, 1.54) is 6.92 Å². The first-order chi connectivity index (χ1) is 8.97. The fourth-order valence-corrected chi connectivity index (χ4v) is 3.55. The third-order valence-corrected chi connectivity index (χ3v) is 4.51. The van der Waals surface area contributed by atoms with Crippen molar-refractivity contribution in [3.8, 4) is 0 Å². The quantitative estimate of drug-likeness (QED) is 0.781. The molecule has 0 atom stereocenters. The van der Waals surface area contributed by atoms with Gasteiger partial charge in [0.05, 0.1) is 5.41 Å². The van der Waals surface area contributed by atoms with Gasteiger partial charge in [0.15, 0.2) is 0 Å². The third-order valence-electron chi connectivity index (χ3n) is 4.51. The molecule has 0 aromatic heterocycles. The van der Waals surface area contributed by atoms with E-state index in [0.29, 0.717) is 12.5 Å². The molecule has 1 saturated heterocycles. The highest BCUT2D eigenvalue weighted by Gasteiger charge is 2.49. The first kappa shape index (κ1) is 14.3. The van der Waals surface area contributed by atoms with Crippen LogP contribution in [0, 0.1) is 11.3 Å². The fourth-order valence-electron chi connectivity index (χ4n) is 3.55. The number of carbonyl (C=O) groups excluding carboxylic acids is 2. The number of nitrogens with zero attached hydrogens (tertiary/aromatic N) is 1. The zero-order chi connectivity index (χ0) is 14.0. The lowest BCUT2D eigenvalue weighted by atomic mass is 9.61. The topological polar surface area (TPSA) is 75.4 Å². The Balaban J connectivity index is 1.87. The average molecular weight is 267 g/mol. The SMILES string of the molecule is CC(=O)NC1CCN(C(=O)C2(CN)CC(C)C2)CC1. The van der Waals surface area contributed by atoms with Crippen molar-refractivity contribution in [2.45, 2.75) is 45.6 Å². The molecular weight excluding hydrogens is 242 g/mol. The van der Waals surface area contributed by atoms with Crippen molar-refractivity contribution in [3.05, 3.63) is 0 Å². The van der Waals surface area contributed by atoms with E-state index in [-0.39, 0.29) is 23.3 Å². The Kier molecular flexibility index (Phi) is 4.13. The van der Waals surface area contributed by atoms with Crippen LogP contribution in [0.5, 0.6) is 0 Å². The Morgan fingerprint density at radius 2 is 1.89 bits per heavy atom. The van der Waals surface area contributed by atoms with E-state index in [1.54, 1.807) is 0 Å². The summed E-state index contributed by atoms with van der Waals surface area (Å²) in [5, 5.41) is 2.93. The Hall–Kier alpha value is -1.10. The molecular formula is C14H25N3O2. The van der Waals surface area contributed by atoms with Crippen LogP contribution >= 0.6 is 0 Å². The van der Waals surface area contributed by atoms with Gasteiger partial charge in [-0.2, -0.15) is 0 Å². The van der Waals surface area contributed by atoms with E-state index in [0.717, 1.165) is 38.8 Å². The summed E-state index contributed by atoms with van der Waals surface area (Å²) in [7, 11) is 0. The smallest absolute Gasteiger partial charge is 0.230 e. The maximum atomic E-state index is 12.6. The number of likely N-dealkylation sites (tertiary alicyclic amines) is 1. The van der Waals surface area contributed by atoms with Gasteiger partial charge >= 0.3 is 0 Å². The van der Waals surface area contributed by atoms with Crippen molar-refractivity contribution >= 4 is 11.8 Å². The molecule has 3 N–H and O–H groups in total. The molecule has 1 aliphatic heterocycles. The van der Waals surface area contributed by atoms with Crippen LogP contribution in [0.25, 0.3) is 0 Å². The van der Waals surface area contributed by atoms with Crippen LogP contribution in [-0.2, 0) is 9.59 Å². The molecule has 0 aromatic carbocycles. The fraction of sp³-hybridized carbons (Fsp3) is 0.857. The summed E-state index contributed by atoms with van der Waals surface area (Å²) in [6, 6.07) is 0.218. The summed E-state index contributed by atoms with van der Waals surface area (Å²) in [5.41, 5.74) is 5.54. The molecule has 19 heavy (non-hydrogen) atoms. The molecule has 2 amide bonds. The molecule has 1 saturated carbocycles. The zero-order valence-electron chi connectivity index (χ0n) is 11.9. The van der Waals surface area contributed by atoms with Crippen LogP contribution in [0.1, 0.15) is 39.5 Å². The number of hydrogen-bond donors (Lipinski definition) is 2. The van der Waals surface area contributed by atoms with Crippen molar-refractivity contribution in [1.82, 2.24) is 10.2 Å². The van der Waals surface area contributed by atoms with Gasteiger partial charge in [0.25, 0.3) is 0 Å². The van der Waals surface area contributed by atoms with Crippen LogP contribution in [-0.4, -0.2) is 42.4 Å². The second-order valence-electron chi connectivity index (χ2n) is 6.26. The summed E-state index contributed by atoms with van der Waals surface area (Å²) in [4.78, 5) is 25.5. The van der Waals surface area contributed by atoms with E-state index >= 15 is 0 Å². The van der Waals surface area contributed by atoms with Gasteiger partial charge in [0.2, 0.25) is 11.8 Å². The molecule has 2 aliphatic rings. The number of piperidine rings is 1. The van der Waals surface area contributed by atoms with E-state index < -0.39 is 0 Å². The van der Waals surface area contributed by atoms with Crippen LogP contribution in [0.4, 0.5) is 0 Å². The van der Waals surface area contributed by atoms with E-state index in [4.69, 9.17) is 5.73 Å². The number of rotatable bonds is 3. The van der Waals surface area contributed by atoms with Gasteiger partial charge in [0.1, 0.15) is 0 Å². The average Bonchev–Trinajstić information content (AvgIpc) is 2.34. The maximum Gasteiger partial charge on any atom is 0.230 e. The highest BCUT2D eigenvalue weighted by Crippen LogP contribution is 2.46. The van der Waals surface area contributed by atoms with Crippen molar-refractivity contribution in [1.29, 1.82) is 0 Å². The molecule has 0 radical (unpaired) electrons. The van der Waals surface area contributed by atoms with Gasteiger partial charge in [0, 0.05) is 32.6 Å². The molecule has 108 valence electrons. The van der Waals surface area contributed by atoms with Gasteiger partial charge < -0.3 is 16.0 Å². The van der Waals surface area contributed by atoms with Crippen LogP contribution in [0.2, 0.25) is 0 Å². The highest BCUT2D eigenvalue weighted by atomic mass is 16.2. The van der Waals surface area contributed by atoms with Crippen molar-refractivity contribution in [3.63, 3.8) is 0 Å². The molecule has 0 unspecified atom stereocenters. The minimum atomic E-state index is -0.291. The van der Waals surface area contributed by atoms with E-state index in [2.05, 4.69) is 12.2 Å². The predicted molar refractivity (Wildman–Crippen MR) is 73.3 cm³/mol. The predicted octanol–water partition coefficient (Wildman–Crippen LogP) is 0.489. The van der Waals surface area contributed by atoms with Crippen molar-refractivity contribution in [2.24, 2.45) is 17.1 Å². The zero-order valence-corrected chi connectivity index (χ0v) is 11.9. The third kappa shape index (κ3) is 2.91. The molecule has 5 nitrogen and oxygen atoms in total. The van der Waals surface area contributed by atoms with Crippen molar-refractivity contribution < 1.29 is 9.59 Å². The van der Waals surface area contributed by atoms with E-state index in [9.17, 15) is 9.59 Å². The molecule has 2 rings (SSSR count). The summed E-state index contributed by atoms with van der Waals surface area (Å²) < 4.78 is 0. The summed E-state index contributed by atoms with van der Waals surface area (Å²) in [6.45, 7) is 5.64. The Morgan fingerprint density at radius 3 is 2.32 bits per heavy atom. The Morgan fingerprint density at radius 1 is 1.32 bits per heavy atom. The minimum Gasteiger partial charge on any atom is -0.353 e. The second kappa shape index (κ2) is 5.49. The molecule has 0 bridgehead atoms. The summed E-state index contributed by atoms with van der Waals surface area (Å²) in [6.07, 6.45) is 3.55. The number of nitrogens with two attached hydrogens (primary N) is 1. The molecule has 0 aromatic rings. The Labute approximate surface area is 114 Å². The van der Waals surface area contributed by atoms with Gasteiger partial charge in [-0.05, 0) is 31.6 Å². The van der Waals surface area contributed by atoms with E-state index in [1.807, 2.05) is 4.90 Å². The summed E-state index contributed by atoms with van der Waals surface area (Å²) in [5.74, 6) is 0.856. The number of hydrogen-bond acceptors (Lipinski definition) is 3. The molecule has 2 fully saturated rings. The van der Waals surface area contributed by atoms with Crippen LogP contribution in [0.15, 0.2) is 0 Å². The van der Waals surface area contributed by atoms with Crippen LogP contribution in [0.3, 0.4) is 0 Å². The molecule has 0 spiro atoms. The second-order valence-corrected chi connectivity index (χ2v) is 6.26. The minimum absolute atomic E-state index is 0.0102. The lowest BCUT2D eigenvalue weighted by molar-refractivity contribution is -0.150. The summed E-state index contributed by atoms with van der Waals surface area (Å²) >= 11 is 0. The molecule has 1 heterocycles. The van der Waals surface area contributed by atoms with Crippen LogP contribution < -0.4 is 11.1 Å². The first-order valence-corrected chi connectivity index (χ1v) is 7.23. The standard InChI is InChI=1S/C14H25N3O2/c1-10-7-14(8-10,9-15)13(19)17-5-3-12(4-6-17)16-11(2)18/h10,12H,3-9,15H2,1-2H3,(H,16,18). The lowest BCUT2D eigenvalue weighted by Crippen LogP contribution is -2.57.